The number of thioether (sulfide) groups is 1. The summed E-state index contributed by atoms with van der Waals surface area (Å²) in [5.41, 5.74) is 2.18. The van der Waals surface area contributed by atoms with Crippen molar-refractivity contribution in [1.82, 2.24) is 20.1 Å². The van der Waals surface area contributed by atoms with Crippen LogP contribution in [0.5, 0.6) is 0 Å². The SMILES string of the molecule is CCCCCC(C)NC(=O)CSc1nnc(N2CCOCC2)n1-c1cccc(C)c1. The minimum Gasteiger partial charge on any atom is -0.378 e. The molecule has 0 radical (unpaired) electrons. The molecular formula is C22H33N5O2S. The van der Waals surface area contributed by atoms with Crippen molar-refractivity contribution in [3.8, 4) is 5.69 Å². The van der Waals surface area contributed by atoms with Crippen molar-refractivity contribution in [3.63, 3.8) is 0 Å². The lowest BCUT2D eigenvalue weighted by Crippen LogP contribution is -2.38. The van der Waals surface area contributed by atoms with Gasteiger partial charge in [0.25, 0.3) is 0 Å². The van der Waals surface area contributed by atoms with Gasteiger partial charge in [0, 0.05) is 19.1 Å². The number of aryl methyl sites for hydroxylation is 1. The average molecular weight is 432 g/mol. The van der Waals surface area contributed by atoms with Crippen molar-refractivity contribution >= 4 is 23.6 Å². The second kappa shape index (κ2) is 11.4. The molecule has 8 heteroatoms. The van der Waals surface area contributed by atoms with Gasteiger partial charge in [0.1, 0.15) is 0 Å². The molecule has 30 heavy (non-hydrogen) atoms. The van der Waals surface area contributed by atoms with Crippen LogP contribution in [0.4, 0.5) is 5.95 Å². The zero-order valence-corrected chi connectivity index (χ0v) is 19.1. The lowest BCUT2D eigenvalue weighted by Gasteiger charge is -2.28. The van der Waals surface area contributed by atoms with Gasteiger partial charge in [-0.25, -0.2) is 0 Å². The molecular weight excluding hydrogens is 398 g/mol. The van der Waals surface area contributed by atoms with E-state index in [0.29, 0.717) is 19.0 Å². The van der Waals surface area contributed by atoms with Crippen LogP contribution >= 0.6 is 11.8 Å². The molecule has 1 aromatic heterocycles. The number of amides is 1. The zero-order chi connectivity index (χ0) is 21.3. The molecule has 2 aromatic rings. The second-order valence-corrected chi connectivity index (χ2v) is 8.75. The van der Waals surface area contributed by atoms with Crippen molar-refractivity contribution in [3.05, 3.63) is 29.8 Å². The van der Waals surface area contributed by atoms with E-state index in [0.717, 1.165) is 42.7 Å². The van der Waals surface area contributed by atoms with E-state index in [4.69, 9.17) is 4.74 Å². The third-order valence-corrected chi connectivity index (χ3v) is 6.08. The maximum absolute atomic E-state index is 12.5. The number of hydrogen-bond donors (Lipinski definition) is 1. The predicted molar refractivity (Wildman–Crippen MR) is 122 cm³/mol. The summed E-state index contributed by atoms with van der Waals surface area (Å²) in [6.07, 6.45) is 4.57. The van der Waals surface area contributed by atoms with Crippen LogP contribution in [0.15, 0.2) is 29.4 Å². The number of aromatic nitrogens is 3. The van der Waals surface area contributed by atoms with Gasteiger partial charge in [-0.2, -0.15) is 0 Å². The Morgan fingerprint density at radius 1 is 1.27 bits per heavy atom. The fraction of sp³-hybridized carbons (Fsp3) is 0.591. The first-order valence-electron chi connectivity index (χ1n) is 10.9. The minimum atomic E-state index is 0.0377. The number of unbranched alkanes of at least 4 members (excludes halogenated alkanes) is 2. The molecule has 1 N–H and O–H groups in total. The van der Waals surface area contributed by atoms with Crippen LogP contribution in [-0.4, -0.2) is 58.8 Å². The Morgan fingerprint density at radius 3 is 2.80 bits per heavy atom. The average Bonchev–Trinajstić information content (AvgIpc) is 3.17. The molecule has 1 atom stereocenters. The number of nitrogens with zero attached hydrogens (tertiary/aromatic N) is 4. The Balaban J connectivity index is 1.71. The van der Waals surface area contributed by atoms with E-state index in [-0.39, 0.29) is 11.9 Å². The van der Waals surface area contributed by atoms with Gasteiger partial charge in [0.15, 0.2) is 5.16 Å². The summed E-state index contributed by atoms with van der Waals surface area (Å²) in [6, 6.07) is 8.48. The molecule has 1 aliphatic heterocycles. The summed E-state index contributed by atoms with van der Waals surface area (Å²) in [5, 5.41) is 12.7. The molecule has 2 heterocycles. The summed E-state index contributed by atoms with van der Waals surface area (Å²) in [4.78, 5) is 14.6. The predicted octanol–water partition coefficient (Wildman–Crippen LogP) is 3.59. The molecule has 1 aliphatic rings. The van der Waals surface area contributed by atoms with Gasteiger partial charge >= 0.3 is 0 Å². The molecule has 0 spiro atoms. The Morgan fingerprint density at radius 2 is 2.07 bits per heavy atom. The van der Waals surface area contributed by atoms with Crippen molar-refractivity contribution in [2.75, 3.05) is 37.0 Å². The summed E-state index contributed by atoms with van der Waals surface area (Å²) in [6.45, 7) is 9.26. The normalized spacial score (nSPS) is 15.2. The van der Waals surface area contributed by atoms with Gasteiger partial charge in [-0.1, -0.05) is 50.1 Å². The maximum Gasteiger partial charge on any atom is 0.232 e. The second-order valence-electron chi connectivity index (χ2n) is 7.81. The van der Waals surface area contributed by atoms with E-state index >= 15 is 0 Å². The Kier molecular flexibility index (Phi) is 8.57. The van der Waals surface area contributed by atoms with Crippen LogP contribution in [0.1, 0.15) is 45.1 Å². The van der Waals surface area contributed by atoms with E-state index in [2.05, 4.69) is 64.0 Å². The molecule has 1 amide bonds. The Bertz CT molecular complexity index is 820. The largest absolute Gasteiger partial charge is 0.378 e. The monoisotopic (exact) mass is 431 g/mol. The maximum atomic E-state index is 12.5. The minimum absolute atomic E-state index is 0.0377. The van der Waals surface area contributed by atoms with Crippen LogP contribution in [0, 0.1) is 6.92 Å². The highest BCUT2D eigenvalue weighted by Crippen LogP contribution is 2.27. The lowest BCUT2D eigenvalue weighted by molar-refractivity contribution is -0.119. The van der Waals surface area contributed by atoms with Crippen molar-refractivity contribution in [1.29, 1.82) is 0 Å². The number of carbonyl (C=O) groups is 1. The van der Waals surface area contributed by atoms with E-state index in [1.165, 1.54) is 30.2 Å². The van der Waals surface area contributed by atoms with Gasteiger partial charge in [-0.3, -0.25) is 9.36 Å². The summed E-state index contributed by atoms with van der Waals surface area (Å²) in [5.74, 6) is 1.17. The molecule has 1 aromatic carbocycles. The highest BCUT2D eigenvalue weighted by molar-refractivity contribution is 7.99. The van der Waals surface area contributed by atoms with Gasteiger partial charge in [0.2, 0.25) is 11.9 Å². The third kappa shape index (κ3) is 6.22. The van der Waals surface area contributed by atoms with Crippen molar-refractivity contribution < 1.29 is 9.53 Å². The summed E-state index contributed by atoms with van der Waals surface area (Å²) >= 11 is 1.43. The Hall–Kier alpha value is -2.06. The van der Waals surface area contributed by atoms with Crippen LogP contribution < -0.4 is 10.2 Å². The summed E-state index contributed by atoms with van der Waals surface area (Å²) in [7, 11) is 0. The number of ether oxygens (including phenoxy) is 1. The number of rotatable bonds is 10. The van der Waals surface area contributed by atoms with E-state index in [1.807, 2.05) is 6.07 Å². The van der Waals surface area contributed by atoms with Crippen LogP contribution in [-0.2, 0) is 9.53 Å². The zero-order valence-electron chi connectivity index (χ0n) is 18.3. The standard InChI is InChI=1S/C22H33N5O2S/c1-4-5-6-9-18(3)23-20(28)16-30-22-25-24-21(26-11-13-29-14-12-26)27(22)19-10-7-8-17(2)15-19/h7-8,10,15,18H,4-6,9,11-14,16H2,1-3H3,(H,23,28). The van der Waals surface area contributed by atoms with Crippen LogP contribution in [0.3, 0.4) is 0 Å². The molecule has 0 saturated carbocycles. The number of carbonyl (C=O) groups excluding carboxylic acids is 1. The number of anilines is 1. The van der Waals surface area contributed by atoms with Crippen LogP contribution in [0.2, 0.25) is 0 Å². The molecule has 7 nitrogen and oxygen atoms in total. The highest BCUT2D eigenvalue weighted by Gasteiger charge is 2.22. The van der Waals surface area contributed by atoms with E-state index < -0.39 is 0 Å². The first-order valence-corrected chi connectivity index (χ1v) is 11.8. The number of nitrogens with one attached hydrogen (secondary N) is 1. The quantitative estimate of drug-likeness (QED) is 0.458. The third-order valence-electron chi connectivity index (χ3n) is 5.15. The molecule has 1 saturated heterocycles. The lowest BCUT2D eigenvalue weighted by atomic mass is 10.1. The van der Waals surface area contributed by atoms with Crippen molar-refractivity contribution in [2.45, 2.75) is 57.7 Å². The van der Waals surface area contributed by atoms with Gasteiger partial charge < -0.3 is 15.0 Å². The number of morpholine rings is 1. The molecule has 0 bridgehead atoms. The topological polar surface area (TPSA) is 72.3 Å². The van der Waals surface area contributed by atoms with Gasteiger partial charge in [-0.05, 0) is 38.0 Å². The first-order chi connectivity index (χ1) is 14.6. The molecule has 164 valence electrons. The molecule has 0 aliphatic carbocycles. The van der Waals surface area contributed by atoms with E-state index in [9.17, 15) is 4.79 Å². The molecule has 1 unspecified atom stereocenters. The highest BCUT2D eigenvalue weighted by atomic mass is 32.2. The fourth-order valence-corrected chi connectivity index (χ4v) is 4.29. The van der Waals surface area contributed by atoms with Gasteiger partial charge in [0.05, 0.1) is 24.7 Å². The molecule has 3 rings (SSSR count). The number of hydrogen-bond acceptors (Lipinski definition) is 6. The Labute approximate surface area is 183 Å². The van der Waals surface area contributed by atoms with Crippen LogP contribution in [0.25, 0.3) is 5.69 Å². The van der Waals surface area contributed by atoms with Crippen molar-refractivity contribution in [2.24, 2.45) is 0 Å². The fourth-order valence-electron chi connectivity index (χ4n) is 3.54. The van der Waals surface area contributed by atoms with Gasteiger partial charge in [-0.15, -0.1) is 10.2 Å². The van der Waals surface area contributed by atoms with E-state index in [1.54, 1.807) is 0 Å². The molecule has 1 fully saturated rings. The summed E-state index contributed by atoms with van der Waals surface area (Å²) < 4.78 is 7.54. The number of benzene rings is 1. The smallest absolute Gasteiger partial charge is 0.232 e. The first kappa shape index (κ1) is 22.6.